The standard InChI is InChI=1S/C13H12BrN3O3/c1-7(18)16(8(2)19)13-11-5-4-10(14)6-12(11)17(15-13)9(3)20/h4-6H,1-3H3. The molecule has 0 saturated heterocycles. The van der Waals surface area contributed by atoms with Crippen molar-refractivity contribution in [3.8, 4) is 0 Å². The van der Waals surface area contributed by atoms with Gasteiger partial charge in [-0.15, -0.1) is 5.10 Å². The lowest BCUT2D eigenvalue weighted by atomic mass is 10.2. The molecule has 1 heterocycles. The number of benzene rings is 1. The molecule has 0 atom stereocenters. The lowest BCUT2D eigenvalue weighted by Crippen LogP contribution is -2.33. The van der Waals surface area contributed by atoms with Crippen molar-refractivity contribution >= 4 is 50.4 Å². The zero-order valence-corrected chi connectivity index (χ0v) is 12.8. The number of hydrogen-bond acceptors (Lipinski definition) is 4. The van der Waals surface area contributed by atoms with E-state index in [1.165, 1.54) is 25.5 Å². The van der Waals surface area contributed by atoms with Gasteiger partial charge < -0.3 is 0 Å². The van der Waals surface area contributed by atoms with Gasteiger partial charge in [-0.2, -0.15) is 4.68 Å². The van der Waals surface area contributed by atoms with Crippen LogP contribution in [0.3, 0.4) is 0 Å². The molecule has 2 rings (SSSR count). The zero-order valence-electron chi connectivity index (χ0n) is 11.2. The van der Waals surface area contributed by atoms with Crippen LogP contribution in [0.5, 0.6) is 0 Å². The van der Waals surface area contributed by atoms with Crippen LogP contribution in [-0.4, -0.2) is 27.5 Å². The molecule has 0 unspecified atom stereocenters. The van der Waals surface area contributed by atoms with Crippen LogP contribution < -0.4 is 4.90 Å². The molecule has 2 amide bonds. The minimum atomic E-state index is -0.449. The molecular weight excluding hydrogens is 326 g/mol. The van der Waals surface area contributed by atoms with Crippen molar-refractivity contribution in [2.75, 3.05) is 4.90 Å². The van der Waals surface area contributed by atoms with E-state index in [2.05, 4.69) is 21.0 Å². The average molecular weight is 338 g/mol. The van der Waals surface area contributed by atoms with Gasteiger partial charge in [0, 0.05) is 30.6 Å². The number of fused-ring (bicyclic) bond motifs is 1. The highest BCUT2D eigenvalue weighted by Gasteiger charge is 2.24. The second-order valence-corrected chi connectivity index (χ2v) is 5.21. The van der Waals surface area contributed by atoms with Crippen LogP contribution in [0.4, 0.5) is 5.82 Å². The van der Waals surface area contributed by atoms with E-state index >= 15 is 0 Å². The van der Waals surface area contributed by atoms with Crippen molar-refractivity contribution < 1.29 is 14.4 Å². The number of carbonyl (C=O) groups is 3. The van der Waals surface area contributed by atoms with Gasteiger partial charge in [-0.3, -0.25) is 14.4 Å². The van der Waals surface area contributed by atoms with Crippen molar-refractivity contribution in [3.63, 3.8) is 0 Å². The fourth-order valence-corrected chi connectivity index (χ4v) is 2.35. The summed E-state index contributed by atoms with van der Waals surface area (Å²) in [6.45, 7) is 3.92. The van der Waals surface area contributed by atoms with Crippen molar-refractivity contribution in [1.82, 2.24) is 9.78 Å². The van der Waals surface area contributed by atoms with Crippen LogP contribution >= 0.6 is 15.9 Å². The molecule has 0 saturated carbocycles. The molecule has 0 aliphatic carbocycles. The summed E-state index contributed by atoms with van der Waals surface area (Å²) in [4.78, 5) is 35.9. The molecule has 0 aliphatic rings. The number of halogens is 1. The van der Waals surface area contributed by atoms with Gasteiger partial charge in [-0.25, -0.2) is 4.90 Å². The minimum absolute atomic E-state index is 0.169. The van der Waals surface area contributed by atoms with Crippen molar-refractivity contribution in [3.05, 3.63) is 22.7 Å². The molecule has 0 radical (unpaired) electrons. The summed E-state index contributed by atoms with van der Waals surface area (Å²) < 4.78 is 1.95. The van der Waals surface area contributed by atoms with Crippen LogP contribution in [0.1, 0.15) is 25.6 Å². The first-order valence-corrected chi connectivity index (χ1v) is 6.62. The summed E-state index contributed by atoms with van der Waals surface area (Å²) in [6, 6.07) is 5.18. The van der Waals surface area contributed by atoms with E-state index in [0.29, 0.717) is 10.9 Å². The molecule has 0 spiro atoms. The lowest BCUT2D eigenvalue weighted by molar-refractivity contribution is -0.124. The molecule has 20 heavy (non-hydrogen) atoms. The van der Waals surface area contributed by atoms with E-state index in [0.717, 1.165) is 9.37 Å². The highest BCUT2D eigenvalue weighted by molar-refractivity contribution is 9.10. The number of imide groups is 1. The molecule has 0 aliphatic heterocycles. The maximum atomic E-state index is 11.6. The highest BCUT2D eigenvalue weighted by Crippen LogP contribution is 2.29. The molecule has 104 valence electrons. The van der Waals surface area contributed by atoms with E-state index in [-0.39, 0.29) is 11.7 Å². The zero-order chi connectivity index (χ0) is 15.0. The maximum absolute atomic E-state index is 11.6. The molecular formula is C13H12BrN3O3. The summed E-state index contributed by atoms with van der Waals surface area (Å²) >= 11 is 3.32. The normalized spacial score (nSPS) is 10.6. The molecule has 6 nitrogen and oxygen atoms in total. The van der Waals surface area contributed by atoms with Crippen LogP contribution in [0.2, 0.25) is 0 Å². The highest BCUT2D eigenvalue weighted by atomic mass is 79.9. The SMILES string of the molecule is CC(=O)N(C(C)=O)c1nn(C(C)=O)c2cc(Br)ccc12. The van der Waals surface area contributed by atoms with Gasteiger partial charge in [0.1, 0.15) is 0 Å². The Hall–Kier alpha value is -2.02. The Labute approximate surface area is 123 Å². The summed E-state index contributed by atoms with van der Waals surface area (Å²) in [5.41, 5.74) is 0.536. The van der Waals surface area contributed by atoms with Gasteiger partial charge in [0.25, 0.3) is 0 Å². The Morgan fingerprint density at radius 1 is 1.15 bits per heavy atom. The Morgan fingerprint density at radius 3 is 2.25 bits per heavy atom. The van der Waals surface area contributed by atoms with Gasteiger partial charge in [-0.05, 0) is 18.2 Å². The van der Waals surface area contributed by atoms with Gasteiger partial charge in [-0.1, -0.05) is 15.9 Å². The van der Waals surface area contributed by atoms with Crippen molar-refractivity contribution in [1.29, 1.82) is 0 Å². The minimum Gasteiger partial charge on any atom is -0.274 e. The maximum Gasteiger partial charge on any atom is 0.244 e. The van der Waals surface area contributed by atoms with Gasteiger partial charge in [0.2, 0.25) is 17.7 Å². The molecule has 1 aromatic carbocycles. The second kappa shape index (κ2) is 5.16. The van der Waals surface area contributed by atoms with Crippen LogP contribution in [0.25, 0.3) is 10.9 Å². The van der Waals surface area contributed by atoms with Crippen molar-refractivity contribution in [2.45, 2.75) is 20.8 Å². The topological polar surface area (TPSA) is 72.3 Å². The number of amides is 2. The predicted octanol–water partition coefficient (Wildman–Crippen LogP) is 2.36. The fraction of sp³-hybridized carbons (Fsp3) is 0.231. The number of hydrogen-bond donors (Lipinski definition) is 0. The van der Waals surface area contributed by atoms with Gasteiger partial charge in [0.05, 0.1) is 5.52 Å². The first-order valence-electron chi connectivity index (χ1n) is 5.83. The molecule has 1 aromatic heterocycles. The van der Waals surface area contributed by atoms with Crippen LogP contribution in [0.15, 0.2) is 22.7 Å². The Balaban J connectivity index is 2.80. The average Bonchev–Trinajstić information content (AvgIpc) is 2.67. The summed E-state index contributed by atoms with van der Waals surface area (Å²) in [6.07, 6.45) is 0. The lowest BCUT2D eigenvalue weighted by Gasteiger charge is -2.14. The van der Waals surface area contributed by atoms with E-state index in [1.54, 1.807) is 18.2 Å². The number of aromatic nitrogens is 2. The number of anilines is 1. The monoisotopic (exact) mass is 337 g/mol. The molecule has 0 bridgehead atoms. The van der Waals surface area contributed by atoms with Crippen molar-refractivity contribution in [2.24, 2.45) is 0 Å². The van der Waals surface area contributed by atoms with Gasteiger partial charge in [0.15, 0.2) is 5.82 Å². The number of carbonyl (C=O) groups excluding carboxylic acids is 3. The van der Waals surface area contributed by atoms with E-state index in [9.17, 15) is 14.4 Å². The molecule has 0 fully saturated rings. The van der Waals surface area contributed by atoms with E-state index in [4.69, 9.17) is 0 Å². The second-order valence-electron chi connectivity index (χ2n) is 4.29. The quantitative estimate of drug-likeness (QED) is 0.800. The third-order valence-electron chi connectivity index (χ3n) is 2.76. The Morgan fingerprint density at radius 2 is 1.75 bits per heavy atom. The van der Waals surface area contributed by atoms with E-state index in [1.807, 2.05) is 0 Å². The van der Waals surface area contributed by atoms with Gasteiger partial charge >= 0.3 is 0 Å². The smallest absolute Gasteiger partial charge is 0.244 e. The van der Waals surface area contributed by atoms with Crippen LogP contribution in [0, 0.1) is 0 Å². The molecule has 7 heteroatoms. The summed E-state index contributed by atoms with van der Waals surface area (Å²) in [5, 5.41) is 4.67. The third-order valence-corrected chi connectivity index (χ3v) is 3.26. The predicted molar refractivity (Wildman–Crippen MR) is 77.6 cm³/mol. The third kappa shape index (κ3) is 2.36. The first-order chi connectivity index (χ1) is 9.32. The Kier molecular flexibility index (Phi) is 3.71. The first kappa shape index (κ1) is 14.4. The fourth-order valence-electron chi connectivity index (χ4n) is 2.00. The summed E-state index contributed by atoms with van der Waals surface area (Å²) in [5.74, 6) is -1.03. The number of nitrogens with zero attached hydrogens (tertiary/aromatic N) is 3. The molecule has 0 N–H and O–H groups in total. The van der Waals surface area contributed by atoms with Crippen LogP contribution in [-0.2, 0) is 9.59 Å². The largest absolute Gasteiger partial charge is 0.274 e. The summed E-state index contributed by atoms with van der Waals surface area (Å²) in [7, 11) is 0. The van der Waals surface area contributed by atoms with E-state index < -0.39 is 11.8 Å². The molecule has 2 aromatic rings. The number of rotatable bonds is 1. The Bertz CT molecular complexity index is 722.